The van der Waals surface area contributed by atoms with E-state index in [0.29, 0.717) is 4.90 Å². The van der Waals surface area contributed by atoms with Crippen LogP contribution in [0.2, 0.25) is 0 Å². The second-order valence-electron chi connectivity index (χ2n) is 3.84. The van der Waals surface area contributed by atoms with Gasteiger partial charge in [-0.15, -0.1) is 0 Å². The summed E-state index contributed by atoms with van der Waals surface area (Å²) in [5, 5.41) is 0. The smallest absolute Gasteiger partial charge is 0.208 e. The maximum atomic E-state index is 12.0. The molecule has 0 radical (unpaired) electrons. The van der Waals surface area contributed by atoms with E-state index in [1.165, 1.54) is 0 Å². The first-order valence-corrected chi connectivity index (χ1v) is 7.43. The van der Waals surface area contributed by atoms with Gasteiger partial charge in [-0.05, 0) is 38.0 Å². The lowest BCUT2D eigenvalue weighted by molar-refractivity contribution is 0.555. The van der Waals surface area contributed by atoms with Crippen molar-refractivity contribution in [2.24, 2.45) is 0 Å². The predicted molar refractivity (Wildman–Crippen MR) is 69.0 cm³/mol. The van der Waals surface area contributed by atoms with Gasteiger partial charge in [0, 0.05) is 10.5 Å². The van der Waals surface area contributed by atoms with Gasteiger partial charge in [-0.1, -0.05) is 28.9 Å². The summed E-state index contributed by atoms with van der Waals surface area (Å²) in [4.78, 5) is 0.335. The van der Waals surface area contributed by atoms with Crippen LogP contribution in [0.5, 0.6) is 0 Å². The fourth-order valence-electron chi connectivity index (χ4n) is 1.28. The maximum Gasteiger partial charge on any atom is 0.241 e. The van der Waals surface area contributed by atoms with E-state index in [1.54, 1.807) is 19.1 Å². The third kappa shape index (κ3) is 3.30. The molecule has 0 bridgehead atoms. The van der Waals surface area contributed by atoms with Crippen LogP contribution >= 0.6 is 15.9 Å². The van der Waals surface area contributed by atoms with Crippen LogP contribution in [0.4, 0.5) is 0 Å². The molecular weight excluding hydrogens is 290 g/mol. The Labute approximate surface area is 105 Å². The molecule has 1 atom stereocenters. The first kappa shape index (κ1) is 13.7. The lowest BCUT2D eigenvalue weighted by atomic mass is 10.2. The summed E-state index contributed by atoms with van der Waals surface area (Å²) in [6.07, 6.45) is 0.770. The molecule has 0 spiro atoms. The zero-order valence-corrected chi connectivity index (χ0v) is 12.0. The third-order valence-corrected chi connectivity index (χ3v) is 4.63. The number of hydrogen-bond acceptors (Lipinski definition) is 2. The van der Waals surface area contributed by atoms with Crippen LogP contribution < -0.4 is 4.72 Å². The van der Waals surface area contributed by atoms with E-state index in [9.17, 15) is 8.42 Å². The standard InChI is InChI=1S/C11H16BrNO2S/c1-4-9(3)13-16(14,15)11-7-10(12)6-5-8(11)2/h5-7,9,13H,4H2,1-3H3/t9-/m1/s1. The predicted octanol–water partition coefficient (Wildman–Crippen LogP) is 2.83. The molecule has 0 unspecified atom stereocenters. The Kier molecular flexibility index (Phi) is 4.52. The van der Waals surface area contributed by atoms with E-state index >= 15 is 0 Å². The average Bonchev–Trinajstić information content (AvgIpc) is 2.20. The summed E-state index contributed by atoms with van der Waals surface area (Å²) in [6.45, 7) is 5.59. The van der Waals surface area contributed by atoms with Crippen LogP contribution in [-0.2, 0) is 10.0 Å². The second kappa shape index (κ2) is 5.29. The summed E-state index contributed by atoms with van der Waals surface area (Å²) in [5.41, 5.74) is 0.749. The Bertz CT molecular complexity index is 471. The monoisotopic (exact) mass is 305 g/mol. The van der Waals surface area contributed by atoms with Gasteiger partial charge in [0.2, 0.25) is 10.0 Å². The Hall–Kier alpha value is -0.390. The molecule has 0 saturated heterocycles. The molecule has 16 heavy (non-hydrogen) atoms. The van der Waals surface area contributed by atoms with Crippen molar-refractivity contribution in [1.29, 1.82) is 0 Å². The first-order chi connectivity index (χ1) is 7.36. The highest BCUT2D eigenvalue weighted by Crippen LogP contribution is 2.20. The molecule has 1 aromatic carbocycles. The molecule has 0 fully saturated rings. The van der Waals surface area contributed by atoms with Crippen molar-refractivity contribution in [3.8, 4) is 0 Å². The minimum absolute atomic E-state index is 0.0524. The molecule has 3 nitrogen and oxygen atoms in total. The Balaban J connectivity index is 3.12. The SMILES string of the molecule is CC[C@@H](C)NS(=O)(=O)c1cc(Br)ccc1C. The van der Waals surface area contributed by atoms with E-state index in [0.717, 1.165) is 16.5 Å². The molecule has 1 N–H and O–H groups in total. The number of nitrogens with one attached hydrogen (secondary N) is 1. The van der Waals surface area contributed by atoms with Crippen molar-refractivity contribution in [2.75, 3.05) is 0 Å². The van der Waals surface area contributed by atoms with Crippen LogP contribution in [0, 0.1) is 6.92 Å². The summed E-state index contributed by atoms with van der Waals surface area (Å²) < 4.78 is 27.5. The number of hydrogen-bond donors (Lipinski definition) is 1. The van der Waals surface area contributed by atoms with Crippen LogP contribution in [0.25, 0.3) is 0 Å². The van der Waals surface area contributed by atoms with Gasteiger partial charge in [-0.3, -0.25) is 0 Å². The highest BCUT2D eigenvalue weighted by atomic mass is 79.9. The molecule has 90 valence electrons. The number of sulfonamides is 1. The number of benzene rings is 1. The van der Waals surface area contributed by atoms with Crippen molar-refractivity contribution in [3.05, 3.63) is 28.2 Å². The van der Waals surface area contributed by atoms with Crippen molar-refractivity contribution >= 4 is 26.0 Å². The van der Waals surface area contributed by atoms with Gasteiger partial charge in [-0.25, -0.2) is 13.1 Å². The summed E-state index contributed by atoms with van der Waals surface area (Å²) in [7, 11) is -3.40. The van der Waals surface area contributed by atoms with E-state index in [4.69, 9.17) is 0 Å². The first-order valence-electron chi connectivity index (χ1n) is 5.15. The second-order valence-corrected chi connectivity index (χ2v) is 6.44. The Morgan fingerprint density at radius 1 is 1.44 bits per heavy atom. The number of aryl methyl sites for hydroxylation is 1. The van der Waals surface area contributed by atoms with Gasteiger partial charge in [0.1, 0.15) is 0 Å². The van der Waals surface area contributed by atoms with E-state index in [2.05, 4.69) is 20.7 Å². The van der Waals surface area contributed by atoms with Gasteiger partial charge in [0.05, 0.1) is 4.90 Å². The van der Waals surface area contributed by atoms with Crippen molar-refractivity contribution in [3.63, 3.8) is 0 Å². The number of halogens is 1. The highest BCUT2D eigenvalue weighted by molar-refractivity contribution is 9.10. The maximum absolute atomic E-state index is 12.0. The zero-order chi connectivity index (χ0) is 12.3. The molecule has 1 rings (SSSR count). The Morgan fingerprint density at radius 2 is 2.06 bits per heavy atom. The van der Waals surface area contributed by atoms with Crippen LogP contribution in [-0.4, -0.2) is 14.5 Å². The number of rotatable bonds is 4. The third-order valence-electron chi connectivity index (χ3n) is 2.41. The molecule has 0 aromatic heterocycles. The average molecular weight is 306 g/mol. The molecule has 0 aliphatic rings. The van der Waals surface area contributed by atoms with E-state index in [1.807, 2.05) is 19.9 Å². The lowest BCUT2D eigenvalue weighted by Crippen LogP contribution is -2.32. The van der Waals surface area contributed by atoms with E-state index in [-0.39, 0.29) is 6.04 Å². The molecule has 0 saturated carbocycles. The normalized spacial score (nSPS) is 13.8. The van der Waals surface area contributed by atoms with E-state index < -0.39 is 10.0 Å². The minimum Gasteiger partial charge on any atom is -0.208 e. The zero-order valence-electron chi connectivity index (χ0n) is 9.62. The summed E-state index contributed by atoms with van der Waals surface area (Å²) in [5.74, 6) is 0. The highest BCUT2D eigenvalue weighted by Gasteiger charge is 2.18. The summed E-state index contributed by atoms with van der Waals surface area (Å²) in [6, 6.07) is 5.19. The fraction of sp³-hybridized carbons (Fsp3) is 0.455. The minimum atomic E-state index is -3.40. The molecule has 1 aromatic rings. The van der Waals surface area contributed by atoms with Gasteiger partial charge in [0.15, 0.2) is 0 Å². The van der Waals surface area contributed by atoms with Gasteiger partial charge in [-0.2, -0.15) is 0 Å². The van der Waals surface area contributed by atoms with Crippen molar-refractivity contribution in [1.82, 2.24) is 4.72 Å². The molecule has 5 heteroatoms. The molecule has 0 aliphatic heterocycles. The largest absolute Gasteiger partial charge is 0.241 e. The topological polar surface area (TPSA) is 46.2 Å². The van der Waals surface area contributed by atoms with Gasteiger partial charge >= 0.3 is 0 Å². The molecule has 0 aliphatic carbocycles. The van der Waals surface area contributed by atoms with Crippen LogP contribution in [0.1, 0.15) is 25.8 Å². The Morgan fingerprint density at radius 3 is 2.62 bits per heavy atom. The molecule has 0 amide bonds. The molecule has 0 heterocycles. The van der Waals surface area contributed by atoms with Crippen LogP contribution in [0.3, 0.4) is 0 Å². The van der Waals surface area contributed by atoms with Gasteiger partial charge < -0.3 is 0 Å². The fourth-order valence-corrected chi connectivity index (χ4v) is 3.39. The molecular formula is C11H16BrNO2S. The lowest BCUT2D eigenvalue weighted by Gasteiger charge is -2.13. The van der Waals surface area contributed by atoms with Crippen molar-refractivity contribution < 1.29 is 8.42 Å². The summed E-state index contributed by atoms with van der Waals surface area (Å²) >= 11 is 3.28. The van der Waals surface area contributed by atoms with Gasteiger partial charge in [0.25, 0.3) is 0 Å². The quantitative estimate of drug-likeness (QED) is 0.930. The van der Waals surface area contributed by atoms with Crippen molar-refractivity contribution in [2.45, 2.75) is 38.1 Å². The van der Waals surface area contributed by atoms with Crippen LogP contribution in [0.15, 0.2) is 27.6 Å².